The van der Waals surface area contributed by atoms with Crippen LogP contribution in [-0.4, -0.2) is 22.2 Å². The summed E-state index contributed by atoms with van der Waals surface area (Å²) < 4.78 is 12.8. The Morgan fingerprint density at radius 3 is 2.17 bits per heavy atom. The van der Waals surface area contributed by atoms with E-state index < -0.39 is 11.2 Å². The number of hydrogen-bond donors (Lipinski definition) is 2. The highest BCUT2D eigenvalue weighted by atomic mass is 19.1. The number of aromatic nitrogens is 2. The second-order valence-corrected chi connectivity index (χ2v) is 2.42. The van der Waals surface area contributed by atoms with Crippen LogP contribution in [0.25, 0.3) is 0 Å². The predicted molar refractivity (Wildman–Crippen MR) is 72.1 cm³/mol. The standard InChI is InChI=1S/C7H7FN4O2.2C2H6/c1-12-4(2-9)5(10-3-8)6(13)11-7(12)14;2*1-2/h2-3,9H,1H3,(H,11,13,14);2*1-2H3. The average molecular weight is 258 g/mol. The predicted octanol–water partition coefficient (Wildman–Crippen LogP) is 1.75. The Labute approximate surface area is 105 Å². The largest absolute Gasteiger partial charge is 0.328 e. The summed E-state index contributed by atoms with van der Waals surface area (Å²) in [5.41, 5.74) is -1.84. The molecule has 2 N–H and O–H groups in total. The summed E-state index contributed by atoms with van der Waals surface area (Å²) in [4.78, 5) is 27.2. The molecule has 0 amide bonds. The molecular formula is C11H19FN4O2. The molecule has 1 heterocycles. The minimum Gasteiger partial charge on any atom is -0.306 e. The highest BCUT2D eigenvalue weighted by Crippen LogP contribution is 2.06. The SMILES string of the molecule is CC.CC.Cn1c(C=N)c(N=CF)c(=O)[nH]c1=O. The first-order chi connectivity index (χ1) is 8.61. The van der Waals surface area contributed by atoms with Crippen molar-refractivity contribution in [3.05, 3.63) is 26.5 Å². The van der Waals surface area contributed by atoms with Gasteiger partial charge in [-0.25, -0.2) is 9.79 Å². The van der Waals surface area contributed by atoms with Crippen LogP contribution in [-0.2, 0) is 7.05 Å². The quantitative estimate of drug-likeness (QED) is 0.791. The Morgan fingerprint density at radius 1 is 1.28 bits per heavy atom. The Bertz CT molecular complexity index is 503. The molecule has 0 saturated heterocycles. The molecule has 0 fully saturated rings. The van der Waals surface area contributed by atoms with E-state index in [1.165, 1.54) is 7.05 Å². The van der Waals surface area contributed by atoms with Gasteiger partial charge in [0.25, 0.3) is 5.56 Å². The summed E-state index contributed by atoms with van der Waals surface area (Å²) in [6.45, 7) is 7.93. The molecule has 0 unspecified atom stereocenters. The third-order valence-electron chi connectivity index (χ3n) is 1.66. The summed E-state index contributed by atoms with van der Waals surface area (Å²) in [5, 5.41) is 6.96. The van der Waals surface area contributed by atoms with Crippen LogP contribution in [0.5, 0.6) is 0 Å². The minimum atomic E-state index is -0.819. The molecule has 1 aromatic heterocycles. The number of nitrogens with zero attached hydrogens (tertiary/aromatic N) is 2. The van der Waals surface area contributed by atoms with E-state index in [9.17, 15) is 14.0 Å². The Kier molecular flexibility index (Phi) is 10.3. The van der Waals surface area contributed by atoms with Crippen molar-refractivity contribution in [3.63, 3.8) is 0 Å². The zero-order valence-electron chi connectivity index (χ0n) is 11.2. The van der Waals surface area contributed by atoms with Crippen LogP contribution in [0.4, 0.5) is 10.1 Å². The maximum atomic E-state index is 11.8. The Balaban J connectivity index is 0. The van der Waals surface area contributed by atoms with Gasteiger partial charge in [0, 0.05) is 13.3 Å². The van der Waals surface area contributed by atoms with Crippen molar-refractivity contribution in [1.29, 1.82) is 5.41 Å². The third-order valence-corrected chi connectivity index (χ3v) is 1.66. The lowest BCUT2D eigenvalue weighted by Gasteiger charge is -2.03. The van der Waals surface area contributed by atoms with E-state index in [1.54, 1.807) is 0 Å². The molecule has 0 atom stereocenters. The van der Waals surface area contributed by atoms with Crippen LogP contribution in [0, 0.1) is 5.41 Å². The van der Waals surface area contributed by atoms with Crippen LogP contribution < -0.4 is 11.2 Å². The molecule has 1 aromatic rings. The molecule has 0 aromatic carbocycles. The summed E-state index contributed by atoms with van der Waals surface area (Å²) in [5.74, 6) is 0. The minimum absolute atomic E-state index is 0.0485. The van der Waals surface area contributed by atoms with Crippen molar-refractivity contribution in [2.75, 3.05) is 0 Å². The molecule has 0 saturated carbocycles. The van der Waals surface area contributed by atoms with Gasteiger partial charge in [-0.15, -0.1) is 0 Å². The van der Waals surface area contributed by atoms with E-state index in [0.717, 1.165) is 10.8 Å². The molecule has 6 nitrogen and oxygen atoms in total. The molecule has 7 heteroatoms. The molecule has 0 bridgehead atoms. The zero-order valence-corrected chi connectivity index (χ0v) is 11.2. The molecule has 1 rings (SSSR count). The maximum absolute atomic E-state index is 11.8. The molecule has 102 valence electrons. The second kappa shape index (κ2) is 10.1. The third kappa shape index (κ3) is 4.44. The first-order valence-electron chi connectivity index (χ1n) is 5.58. The van der Waals surface area contributed by atoms with Crippen LogP contribution in [0.1, 0.15) is 33.4 Å². The summed E-state index contributed by atoms with van der Waals surface area (Å²) >= 11 is 0. The van der Waals surface area contributed by atoms with Crippen LogP contribution in [0.3, 0.4) is 0 Å². The van der Waals surface area contributed by atoms with E-state index in [-0.39, 0.29) is 17.8 Å². The van der Waals surface area contributed by atoms with E-state index in [4.69, 9.17) is 5.41 Å². The fourth-order valence-corrected chi connectivity index (χ4v) is 0.963. The monoisotopic (exact) mass is 258 g/mol. The lowest BCUT2D eigenvalue weighted by molar-refractivity contribution is 0.789. The zero-order chi connectivity index (χ0) is 14.7. The van der Waals surface area contributed by atoms with Gasteiger partial charge < -0.3 is 5.41 Å². The van der Waals surface area contributed by atoms with Crippen LogP contribution in [0.2, 0.25) is 0 Å². The van der Waals surface area contributed by atoms with Gasteiger partial charge in [-0.1, -0.05) is 27.7 Å². The Morgan fingerprint density at radius 2 is 1.78 bits per heavy atom. The van der Waals surface area contributed by atoms with Crippen molar-refractivity contribution < 1.29 is 4.39 Å². The van der Waals surface area contributed by atoms with E-state index in [1.807, 2.05) is 32.7 Å². The van der Waals surface area contributed by atoms with Crippen molar-refractivity contribution in [3.8, 4) is 0 Å². The average Bonchev–Trinajstić information content (AvgIpc) is 2.41. The van der Waals surface area contributed by atoms with Crippen molar-refractivity contribution in [2.24, 2.45) is 12.0 Å². The fraction of sp³-hybridized carbons (Fsp3) is 0.455. The van der Waals surface area contributed by atoms with Crippen LogP contribution in [0.15, 0.2) is 14.6 Å². The smallest absolute Gasteiger partial charge is 0.306 e. The summed E-state index contributed by atoms with van der Waals surface area (Å²) in [7, 11) is 1.34. The lowest BCUT2D eigenvalue weighted by Crippen LogP contribution is -2.30. The Hall–Kier alpha value is -2.05. The van der Waals surface area contributed by atoms with Gasteiger partial charge in [-0.3, -0.25) is 14.3 Å². The number of aliphatic imine (C=N–C) groups is 1. The van der Waals surface area contributed by atoms with Gasteiger partial charge in [0.2, 0.25) is 0 Å². The summed E-state index contributed by atoms with van der Waals surface area (Å²) in [6, 6.07) is 0. The lowest BCUT2D eigenvalue weighted by atomic mass is 10.3. The normalized spacial score (nSPS) is 9.00. The first-order valence-corrected chi connectivity index (χ1v) is 5.58. The van der Waals surface area contributed by atoms with Crippen molar-refractivity contribution >= 4 is 18.4 Å². The molecule has 18 heavy (non-hydrogen) atoms. The highest BCUT2D eigenvalue weighted by Gasteiger charge is 2.08. The molecular weight excluding hydrogens is 239 g/mol. The maximum Gasteiger partial charge on any atom is 0.328 e. The van der Waals surface area contributed by atoms with Crippen LogP contribution >= 0.6 is 0 Å². The van der Waals surface area contributed by atoms with Gasteiger partial charge in [0.05, 0.1) is 5.69 Å². The molecule has 0 aliphatic heterocycles. The molecule has 0 radical (unpaired) electrons. The number of aromatic amines is 1. The number of hydrogen-bond acceptors (Lipinski definition) is 4. The number of H-pyrrole nitrogens is 1. The van der Waals surface area contributed by atoms with E-state index >= 15 is 0 Å². The van der Waals surface area contributed by atoms with Gasteiger partial charge in [0.15, 0.2) is 12.2 Å². The van der Waals surface area contributed by atoms with E-state index in [2.05, 4.69) is 4.99 Å². The first kappa shape index (κ1) is 18.3. The topological polar surface area (TPSA) is 91.1 Å². The van der Waals surface area contributed by atoms with Crippen molar-refractivity contribution in [2.45, 2.75) is 27.7 Å². The second-order valence-electron chi connectivity index (χ2n) is 2.42. The van der Waals surface area contributed by atoms with E-state index in [0.29, 0.717) is 0 Å². The molecule has 0 aliphatic rings. The number of nitrogens with one attached hydrogen (secondary N) is 2. The summed E-state index contributed by atoms with van der Waals surface area (Å²) in [6.07, 6.45) is 0.763. The van der Waals surface area contributed by atoms with Gasteiger partial charge >= 0.3 is 5.69 Å². The van der Waals surface area contributed by atoms with Gasteiger partial charge in [-0.2, -0.15) is 4.39 Å². The number of halogens is 1. The molecule has 0 spiro atoms. The fourth-order valence-electron chi connectivity index (χ4n) is 0.963. The number of rotatable bonds is 2. The molecule has 0 aliphatic carbocycles. The van der Waals surface area contributed by atoms with Crippen molar-refractivity contribution in [1.82, 2.24) is 9.55 Å². The highest BCUT2D eigenvalue weighted by molar-refractivity contribution is 5.82. The van der Waals surface area contributed by atoms with Gasteiger partial charge in [-0.05, 0) is 0 Å². The van der Waals surface area contributed by atoms with Gasteiger partial charge in [0.1, 0.15) is 0 Å².